The molecule has 1 unspecified atom stereocenters. The minimum Gasteiger partial charge on any atom is -0.480 e. The molecule has 196 valence electrons. The third-order valence-electron chi connectivity index (χ3n) is 6.45. The second-order valence-corrected chi connectivity index (χ2v) is 9.57. The summed E-state index contributed by atoms with van der Waals surface area (Å²) in [4.78, 5) is 31.3. The van der Waals surface area contributed by atoms with E-state index in [1.807, 2.05) is 81.4 Å². The molecule has 0 fully saturated rings. The predicted molar refractivity (Wildman–Crippen MR) is 145 cm³/mol. The zero-order valence-electron chi connectivity index (χ0n) is 21.8. The van der Waals surface area contributed by atoms with E-state index in [4.69, 9.17) is 4.98 Å². The lowest BCUT2D eigenvalue weighted by molar-refractivity contribution is -0.153. The van der Waals surface area contributed by atoms with Crippen LogP contribution in [0.4, 0.5) is 0 Å². The lowest BCUT2D eigenvalue weighted by atomic mass is 9.96. The third kappa shape index (κ3) is 6.11. The van der Waals surface area contributed by atoms with Gasteiger partial charge in [0.1, 0.15) is 6.04 Å². The molecule has 2 aromatic heterocycles. The number of carboxylic acid groups (broad SMARTS) is 1. The molecule has 2 N–H and O–H groups in total. The number of amides is 1. The highest BCUT2D eigenvalue weighted by Crippen LogP contribution is 2.33. The van der Waals surface area contributed by atoms with Crippen LogP contribution in [0.3, 0.4) is 0 Å². The number of rotatable bonds is 11. The molecule has 0 aliphatic carbocycles. The van der Waals surface area contributed by atoms with Gasteiger partial charge >= 0.3 is 5.97 Å². The number of carbonyl (C=O) groups excluding carboxylic acids is 1. The molecular weight excluding hydrogens is 480 g/mol. The summed E-state index contributed by atoms with van der Waals surface area (Å²) in [6.45, 7) is 5.82. The summed E-state index contributed by atoms with van der Waals surface area (Å²) in [5.74, 6) is -0.938. The van der Waals surface area contributed by atoms with Crippen LogP contribution in [-0.2, 0) is 16.1 Å². The zero-order valence-corrected chi connectivity index (χ0v) is 21.8. The van der Waals surface area contributed by atoms with Gasteiger partial charge < -0.3 is 10.0 Å². The SMILES string of the molecule is CCCCC(=O)N(Cc1ccc(-c2cc(-c3ccccc3)ccc2-c2nn[nH]n2)nc1)C(C(=O)O)C(C)C. The number of nitrogens with zero attached hydrogens (tertiary/aromatic N) is 5. The summed E-state index contributed by atoms with van der Waals surface area (Å²) < 4.78 is 0. The molecule has 2 aromatic carbocycles. The van der Waals surface area contributed by atoms with E-state index in [9.17, 15) is 14.7 Å². The fourth-order valence-electron chi connectivity index (χ4n) is 4.50. The van der Waals surface area contributed by atoms with Crippen LogP contribution in [-0.4, -0.2) is 53.5 Å². The molecule has 4 rings (SSSR count). The lowest BCUT2D eigenvalue weighted by Crippen LogP contribution is -2.47. The monoisotopic (exact) mass is 512 g/mol. The molecular formula is C29H32N6O3. The Morgan fingerprint density at radius 2 is 1.79 bits per heavy atom. The molecule has 9 nitrogen and oxygen atoms in total. The van der Waals surface area contributed by atoms with E-state index in [1.165, 1.54) is 4.90 Å². The molecule has 2 heterocycles. The number of hydrogen-bond acceptors (Lipinski definition) is 6. The number of pyridine rings is 1. The van der Waals surface area contributed by atoms with E-state index in [-0.39, 0.29) is 18.4 Å². The molecule has 1 amide bonds. The fourth-order valence-corrected chi connectivity index (χ4v) is 4.50. The standard InChI is InChI=1S/C29H32N6O3/c1-4-5-11-26(36)35(27(19(2)3)29(37)38)18-20-12-15-25(30-17-20)24-16-22(21-9-7-6-8-10-21)13-14-23(24)28-31-33-34-32-28/h6-10,12-17,19,27H,4-5,11,18H2,1-3H3,(H,37,38)(H,31,32,33,34). The maximum Gasteiger partial charge on any atom is 0.326 e. The summed E-state index contributed by atoms with van der Waals surface area (Å²) in [6.07, 6.45) is 3.59. The minimum atomic E-state index is -1.00. The smallest absolute Gasteiger partial charge is 0.326 e. The van der Waals surface area contributed by atoms with Gasteiger partial charge in [-0.05, 0) is 52.4 Å². The highest BCUT2D eigenvalue weighted by atomic mass is 16.4. The van der Waals surface area contributed by atoms with Crippen LogP contribution in [0.1, 0.15) is 45.6 Å². The Balaban J connectivity index is 1.68. The lowest BCUT2D eigenvalue weighted by Gasteiger charge is -2.31. The van der Waals surface area contributed by atoms with Crippen LogP contribution in [0.25, 0.3) is 33.8 Å². The van der Waals surface area contributed by atoms with Crippen molar-refractivity contribution >= 4 is 11.9 Å². The molecule has 0 aliphatic rings. The number of aliphatic carboxylic acids is 1. The molecule has 38 heavy (non-hydrogen) atoms. The molecule has 0 bridgehead atoms. The van der Waals surface area contributed by atoms with Crippen LogP contribution in [0.15, 0.2) is 66.9 Å². The van der Waals surface area contributed by atoms with Gasteiger partial charge in [-0.2, -0.15) is 5.21 Å². The van der Waals surface area contributed by atoms with Crippen LogP contribution in [0.5, 0.6) is 0 Å². The molecule has 0 spiro atoms. The first-order valence-electron chi connectivity index (χ1n) is 12.8. The number of unbranched alkanes of at least 4 members (excludes halogenated alkanes) is 1. The largest absolute Gasteiger partial charge is 0.480 e. The van der Waals surface area contributed by atoms with E-state index < -0.39 is 12.0 Å². The Morgan fingerprint density at radius 3 is 2.39 bits per heavy atom. The summed E-state index contributed by atoms with van der Waals surface area (Å²) in [5, 5.41) is 24.4. The number of tetrazole rings is 1. The average Bonchev–Trinajstić information content (AvgIpc) is 3.46. The summed E-state index contributed by atoms with van der Waals surface area (Å²) in [6, 6.07) is 18.9. The molecule has 9 heteroatoms. The summed E-state index contributed by atoms with van der Waals surface area (Å²) in [5.41, 5.74) is 5.16. The van der Waals surface area contributed by atoms with Crippen molar-refractivity contribution in [2.45, 2.75) is 52.6 Å². The maximum atomic E-state index is 13.0. The van der Waals surface area contributed by atoms with Crippen molar-refractivity contribution in [1.82, 2.24) is 30.5 Å². The minimum absolute atomic E-state index is 0.160. The number of aromatic nitrogens is 5. The first kappa shape index (κ1) is 26.7. The number of carboxylic acids is 1. The van der Waals surface area contributed by atoms with Crippen molar-refractivity contribution in [3.63, 3.8) is 0 Å². The first-order valence-corrected chi connectivity index (χ1v) is 12.8. The van der Waals surface area contributed by atoms with Crippen molar-refractivity contribution < 1.29 is 14.7 Å². The number of hydrogen-bond donors (Lipinski definition) is 2. The Bertz CT molecular complexity index is 1360. The average molecular weight is 513 g/mol. The van der Waals surface area contributed by atoms with Gasteiger partial charge in [0.05, 0.1) is 5.69 Å². The summed E-state index contributed by atoms with van der Waals surface area (Å²) >= 11 is 0. The van der Waals surface area contributed by atoms with Crippen molar-refractivity contribution in [3.8, 4) is 33.8 Å². The van der Waals surface area contributed by atoms with Crippen molar-refractivity contribution in [1.29, 1.82) is 0 Å². The van der Waals surface area contributed by atoms with Crippen molar-refractivity contribution in [2.75, 3.05) is 0 Å². The van der Waals surface area contributed by atoms with Crippen LogP contribution in [0, 0.1) is 5.92 Å². The maximum absolute atomic E-state index is 13.0. The third-order valence-corrected chi connectivity index (χ3v) is 6.45. The van der Waals surface area contributed by atoms with Crippen molar-refractivity contribution in [3.05, 3.63) is 72.4 Å². The fraction of sp³-hybridized carbons (Fsp3) is 0.310. The van der Waals surface area contributed by atoms with Crippen LogP contribution in [0.2, 0.25) is 0 Å². The van der Waals surface area contributed by atoms with E-state index >= 15 is 0 Å². The second-order valence-electron chi connectivity index (χ2n) is 9.57. The molecule has 4 aromatic rings. The van der Waals surface area contributed by atoms with Gasteiger partial charge in [-0.25, -0.2) is 4.79 Å². The first-order chi connectivity index (χ1) is 18.4. The number of aromatic amines is 1. The quantitative estimate of drug-likeness (QED) is 0.282. The van der Waals surface area contributed by atoms with Gasteiger partial charge in [0.25, 0.3) is 0 Å². The van der Waals surface area contributed by atoms with Crippen LogP contribution < -0.4 is 0 Å². The van der Waals surface area contributed by atoms with E-state index in [2.05, 4.69) is 20.6 Å². The molecule has 0 aliphatic heterocycles. The molecule has 0 saturated carbocycles. The molecule has 0 saturated heterocycles. The normalized spacial score (nSPS) is 11.9. The van der Waals surface area contributed by atoms with Crippen LogP contribution >= 0.6 is 0 Å². The van der Waals surface area contributed by atoms with Crippen molar-refractivity contribution in [2.24, 2.45) is 5.92 Å². The topological polar surface area (TPSA) is 125 Å². The number of carbonyl (C=O) groups is 2. The Morgan fingerprint density at radius 1 is 1.00 bits per heavy atom. The van der Waals surface area contributed by atoms with E-state index in [0.29, 0.717) is 24.4 Å². The van der Waals surface area contributed by atoms with Gasteiger partial charge in [0.15, 0.2) is 0 Å². The Hall–Kier alpha value is -4.40. The van der Waals surface area contributed by atoms with Gasteiger partial charge in [-0.1, -0.05) is 69.7 Å². The van der Waals surface area contributed by atoms with E-state index in [0.717, 1.165) is 34.2 Å². The van der Waals surface area contributed by atoms with Gasteiger partial charge in [-0.3, -0.25) is 9.78 Å². The van der Waals surface area contributed by atoms with Gasteiger partial charge in [-0.15, -0.1) is 10.2 Å². The van der Waals surface area contributed by atoms with Gasteiger partial charge in [0, 0.05) is 30.3 Å². The highest BCUT2D eigenvalue weighted by Gasteiger charge is 2.32. The highest BCUT2D eigenvalue weighted by molar-refractivity contribution is 5.84. The predicted octanol–water partition coefficient (Wildman–Crippen LogP) is 5.22. The number of nitrogens with one attached hydrogen (secondary N) is 1. The Kier molecular flexibility index (Phi) is 8.58. The van der Waals surface area contributed by atoms with Gasteiger partial charge in [0.2, 0.25) is 11.7 Å². The number of benzene rings is 2. The summed E-state index contributed by atoms with van der Waals surface area (Å²) in [7, 11) is 0. The second kappa shape index (κ2) is 12.2. The molecule has 0 radical (unpaired) electrons. The Labute approximate surface area is 221 Å². The molecule has 1 atom stereocenters. The number of H-pyrrole nitrogens is 1. The van der Waals surface area contributed by atoms with E-state index in [1.54, 1.807) is 6.20 Å². The zero-order chi connectivity index (χ0) is 27.1.